The predicted octanol–water partition coefficient (Wildman–Crippen LogP) is 2.50. The zero-order valence-corrected chi connectivity index (χ0v) is 15.8. The number of carbonyl (C=O) groups excluding carboxylic acids is 1. The van der Waals surface area contributed by atoms with E-state index in [1.807, 2.05) is 18.5 Å². The Morgan fingerprint density at radius 2 is 1.92 bits per heavy atom. The van der Waals surface area contributed by atoms with Crippen LogP contribution in [0.5, 0.6) is 0 Å². The van der Waals surface area contributed by atoms with E-state index >= 15 is 0 Å². The van der Waals surface area contributed by atoms with Crippen LogP contribution in [0.15, 0.2) is 24.3 Å². The molecule has 2 aromatic rings. The number of benzene rings is 1. The summed E-state index contributed by atoms with van der Waals surface area (Å²) in [6, 6.07) is 8.51. The van der Waals surface area contributed by atoms with Crippen molar-refractivity contribution < 1.29 is 4.79 Å². The summed E-state index contributed by atoms with van der Waals surface area (Å²) in [6.45, 7) is 10.2. The van der Waals surface area contributed by atoms with E-state index in [9.17, 15) is 4.79 Å². The lowest BCUT2D eigenvalue weighted by atomic mass is 10.1. The van der Waals surface area contributed by atoms with Crippen LogP contribution in [0, 0.1) is 26.7 Å². The lowest BCUT2D eigenvalue weighted by Crippen LogP contribution is -2.31. The molecule has 0 fully saturated rings. The van der Waals surface area contributed by atoms with Gasteiger partial charge in [-0.25, -0.2) is 0 Å². The summed E-state index contributed by atoms with van der Waals surface area (Å²) >= 11 is 0. The Morgan fingerprint density at radius 1 is 1.24 bits per heavy atom. The van der Waals surface area contributed by atoms with Gasteiger partial charge < -0.3 is 11.1 Å². The van der Waals surface area contributed by atoms with Gasteiger partial charge in [0.05, 0.1) is 12.2 Å². The third-order valence-corrected chi connectivity index (χ3v) is 4.64. The molecule has 0 bridgehead atoms. The average Bonchev–Trinajstić information content (AvgIpc) is 2.86. The molecule has 5 nitrogen and oxygen atoms in total. The Bertz CT molecular complexity index is 703. The summed E-state index contributed by atoms with van der Waals surface area (Å²) in [4.78, 5) is 12.0. The summed E-state index contributed by atoms with van der Waals surface area (Å²) in [6.07, 6.45) is 1.20. The van der Waals surface area contributed by atoms with Gasteiger partial charge in [0.15, 0.2) is 0 Å². The van der Waals surface area contributed by atoms with Crippen molar-refractivity contribution in [1.82, 2.24) is 15.1 Å². The fraction of sp³-hybridized carbons (Fsp3) is 0.500. The highest BCUT2D eigenvalue weighted by atomic mass is 16.1. The molecule has 0 aliphatic rings. The Balaban J connectivity index is 1.96. The van der Waals surface area contributed by atoms with Crippen LogP contribution < -0.4 is 11.1 Å². The van der Waals surface area contributed by atoms with Gasteiger partial charge in [-0.1, -0.05) is 36.8 Å². The predicted molar refractivity (Wildman–Crippen MR) is 102 cm³/mol. The molecule has 0 saturated heterocycles. The summed E-state index contributed by atoms with van der Waals surface area (Å²) in [5.74, 6) is 0.384. The van der Waals surface area contributed by atoms with E-state index in [0.717, 1.165) is 17.9 Å². The zero-order chi connectivity index (χ0) is 18.4. The number of nitrogens with zero attached hydrogens (tertiary/aromatic N) is 2. The number of hydrogen-bond donors (Lipinski definition) is 2. The van der Waals surface area contributed by atoms with Gasteiger partial charge in [0, 0.05) is 18.7 Å². The first kappa shape index (κ1) is 19.2. The third-order valence-electron chi connectivity index (χ3n) is 4.64. The van der Waals surface area contributed by atoms with Gasteiger partial charge in [0.1, 0.15) is 0 Å². The maximum Gasteiger partial charge on any atom is 0.220 e. The van der Waals surface area contributed by atoms with E-state index in [2.05, 4.69) is 48.5 Å². The second-order valence-corrected chi connectivity index (χ2v) is 6.94. The molecule has 0 spiro atoms. The van der Waals surface area contributed by atoms with Gasteiger partial charge in [-0.3, -0.25) is 9.48 Å². The Hall–Kier alpha value is -2.14. The minimum Gasteiger partial charge on any atom is -0.356 e. The van der Waals surface area contributed by atoms with E-state index in [0.29, 0.717) is 31.8 Å². The number of nitrogens with two attached hydrogens (primary N) is 1. The minimum atomic E-state index is 0.0744. The van der Waals surface area contributed by atoms with Crippen molar-refractivity contribution >= 4 is 5.91 Å². The number of rotatable bonds is 8. The lowest BCUT2D eigenvalue weighted by molar-refractivity contribution is -0.121. The van der Waals surface area contributed by atoms with Crippen molar-refractivity contribution in [1.29, 1.82) is 0 Å². The van der Waals surface area contributed by atoms with Crippen molar-refractivity contribution in [2.45, 2.75) is 47.1 Å². The van der Waals surface area contributed by atoms with Crippen molar-refractivity contribution in [2.24, 2.45) is 11.7 Å². The maximum absolute atomic E-state index is 12.0. The van der Waals surface area contributed by atoms with Gasteiger partial charge >= 0.3 is 0 Å². The number of aryl methyl sites for hydroxylation is 2. The third kappa shape index (κ3) is 5.43. The van der Waals surface area contributed by atoms with Gasteiger partial charge in [0.25, 0.3) is 0 Å². The Kier molecular flexibility index (Phi) is 6.76. The lowest BCUT2D eigenvalue weighted by Gasteiger charge is -2.10. The average molecular weight is 342 g/mol. The molecule has 0 saturated carbocycles. The van der Waals surface area contributed by atoms with E-state index in [1.54, 1.807) is 0 Å². The quantitative estimate of drug-likeness (QED) is 0.774. The van der Waals surface area contributed by atoms with Crippen LogP contribution in [0.2, 0.25) is 0 Å². The number of amides is 1. The molecule has 1 atom stereocenters. The van der Waals surface area contributed by atoms with E-state index in [1.165, 1.54) is 16.7 Å². The molecule has 136 valence electrons. The van der Waals surface area contributed by atoms with Gasteiger partial charge in [-0.05, 0) is 50.8 Å². The van der Waals surface area contributed by atoms with Crippen LogP contribution in [0.25, 0.3) is 0 Å². The molecular weight excluding hydrogens is 312 g/mol. The molecule has 1 amide bonds. The molecule has 0 aliphatic heterocycles. The summed E-state index contributed by atoms with van der Waals surface area (Å²) in [5.41, 5.74) is 11.4. The summed E-state index contributed by atoms with van der Waals surface area (Å²) < 4.78 is 2.03. The highest BCUT2D eigenvalue weighted by molar-refractivity contribution is 5.76. The second kappa shape index (κ2) is 8.81. The highest BCUT2D eigenvalue weighted by Crippen LogP contribution is 2.17. The van der Waals surface area contributed by atoms with Crippen LogP contribution in [0.4, 0.5) is 0 Å². The SMILES string of the molecule is Cc1ccc(Cn2nc(C)c(CCC(=O)NCC(C)CN)c2C)cc1. The summed E-state index contributed by atoms with van der Waals surface area (Å²) in [7, 11) is 0. The molecular formula is C20H30N4O. The van der Waals surface area contributed by atoms with Gasteiger partial charge in [0.2, 0.25) is 5.91 Å². The first-order valence-electron chi connectivity index (χ1n) is 8.96. The van der Waals surface area contributed by atoms with Crippen molar-refractivity contribution in [3.05, 3.63) is 52.3 Å². The Morgan fingerprint density at radius 3 is 2.56 bits per heavy atom. The molecule has 0 aliphatic carbocycles. The molecule has 2 rings (SSSR count). The number of hydrogen-bond acceptors (Lipinski definition) is 3. The topological polar surface area (TPSA) is 72.9 Å². The summed E-state index contributed by atoms with van der Waals surface area (Å²) in [5, 5.41) is 7.61. The van der Waals surface area contributed by atoms with Crippen molar-refractivity contribution in [2.75, 3.05) is 13.1 Å². The molecule has 1 heterocycles. The first-order chi connectivity index (χ1) is 11.9. The van der Waals surface area contributed by atoms with E-state index in [4.69, 9.17) is 5.73 Å². The van der Waals surface area contributed by atoms with Crippen molar-refractivity contribution in [3.63, 3.8) is 0 Å². The fourth-order valence-corrected chi connectivity index (χ4v) is 2.81. The van der Waals surface area contributed by atoms with E-state index < -0.39 is 0 Å². The van der Waals surface area contributed by atoms with Crippen LogP contribution in [-0.4, -0.2) is 28.8 Å². The molecule has 5 heteroatoms. The van der Waals surface area contributed by atoms with Gasteiger partial charge in [-0.15, -0.1) is 0 Å². The molecule has 1 aromatic carbocycles. The first-order valence-corrected chi connectivity index (χ1v) is 8.96. The minimum absolute atomic E-state index is 0.0744. The normalized spacial score (nSPS) is 12.2. The van der Waals surface area contributed by atoms with Crippen LogP contribution in [0.1, 0.15) is 41.4 Å². The molecule has 1 aromatic heterocycles. The number of nitrogens with one attached hydrogen (secondary N) is 1. The van der Waals surface area contributed by atoms with Crippen LogP contribution in [-0.2, 0) is 17.8 Å². The maximum atomic E-state index is 12.0. The van der Waals surface area contributed by atoms with Gasteiger partial charge in [-0.2, -0.15) is 5.10 Å². The smallest absolute Gasteiger partial charge is 0.220 e. The van der Waals surface area contributed by atoms with E-state index in [-0.39, 0.29) is 5.91 Å². The molecule has 3 N–H and O–H groups in total. The van der Waals surface area contributed by atoms with Crippen LogP contribution >= 0.6 is 0 Å². The standard InChI is InChI=1S/C20H30N4O/c1-14-5-7-18(8-6-14)13-24-17(4)19(16(3)23-24)9-10-20(25)22-12-15(2)11-21/h5-8,15H,9-13,21H2,1-4H3,(H,22,25). The molecule has 1 unspecified atom stereocenters. The molecule has 25 heavy (non-hydrogen) atoms. The fourth-order valence-electron chi connectivity index (χ4n) is 2.81. The van der Waals surface area contributed by atoms with Crippen LogP contribution in [0.3, 0.4) is 0 Å². The monoisotopic (exact) mass is 342 g/mol. The number of aromatic nitrogens is 2. The van der Waals surface area contributed by atoms with Crippen molar-refractivity contribution in [3.8, 4) is 0 Å². The highest BCUT2D eigenvalue weighted by Gasteiger charge is 2.13. The second-order valence-electron chi connectivity index (χ2n) is 6.94. The zero-order valence-electron chi connectivity index (χ0n) is 15.8. The largest absolute Gasteiger partial charge is 0.356 e. The molecule has 0 radical (unpaired) electrons. The number of carbonyl (C=O) groups is 1. The Labute approximate surface area is 150 Å².